The van der Waals surface area contributed by atoms with Crippen LogP contribution >= 0.6 is 11.3 Å². The van der Waals surface area contributed by atoms with Crippen LogP contribution < -0.4 is 15.5 Å². The van der Waals surface area contributed by atoms with Gasteiger partial charge in [0.1, 0.15) is 0 Å². The van der Waals surface area contributed by atoms with Gasteiger partial charge in [0.05, 0.1) is 12.2 Å². The number of aromatic nitrogens is 2. The molecule has 7 heteroatoms. The minimum absolute atomic E-state index is 0.0234. The normalized spacial score (nSPS) is 14.5. The van der Waals surface area contributed by atoms with Gasteiger partial charge < -0.3 is 10.6 Å². The molecule has 6 nitrogen and oxygen atoms in total. The molecule has 4 rings (SSSR count). The molecule has 0 saturated carbocycles. The molecule has 2 amide bonds. The summed E-state index contributed by atoms with van der Waals surface area (Å²) >= 11 is 1.67. The zero-order valence-corrected chi connectivity index (χ0v) is 13.6. The van der Waals surface area contributed by atoms with E-state index in [0.717, 1.165) is 28.4 Å². The number of nitrogens with zero attached hydrogens (tertiary/aromatic N) is 3. The van der Waals surface area contributed by atoms with Crippen molar-refractivity contribution in [2.45, 2.75) is 13.5 Å². The van der Waals surface area contributed by atoms with Gasteiger partial charge >= 0.3 is 6.03 Å². The van der Waals surface area contributed by atoms with Crippen molar-refractivity contribution >= 4 is 33.7 Å². The maximum absolute atomic E-state index is 11.9. The first-order chi connectivity index (χ1) is 11.2. The Bertz CT molecular complexity index is 840. The molecule has 2 N–H and O–H groups in total. The predicted octanol–water partition coefficient (Wildman–Crippen LogP) is 2.85. The number of carbonyl (C=O) groups excluding carboxylic acids is 1. The highest BCUT2D eigenvalue weighted by atomic mass is 32.1. The van der Waals surface area contributed by atoms with Crippen LogP contribution in [-0.2, 0) is 6.54 Å². The molecule has 1 saturated heterocycles. The van der Waals surface area contributed by atoms with Crippen LogP contribution in [0.3, 0.4) is 0 Å². The fourth-order valence-corrected chi connectivity index (χ4v) is 3.64. The summed E-state index contributed by atoms with van der Waals surface area (Å²) in [6.45, 7) is 4.18. The Morgan fingerprint density at radius 3 is 3.13 bits per heavy atom. The van der Waals surface area contributed by atoms with Crippen molar-refractivity contribution in [2.24, 2.45) is 0 Å². The van der Waals surface area contributed by atoms with Crippen LogP contribution in [0.5, 0.6) is 0 Å². The van der Waals surface area contributed by atoms with Gasteiger partial charge in [-0.3, -0.25) is 9.30 Å². The van der Waals surface area contributed by atoms with E-state index >= 15 is 0 Å². The van der Waals surface area contributed by atoms with Gasteiger partial charge in [0.2, 0.25) is 0 Å². The van der Waals surface area contributed by atoms with Crippen molar-refractivity contribution in [1.29, 1.82) is 0 Å². The zero-order chi connectivity index (χ0) is 15.8. The Labute approximate surface area is 137 Å². The molecule has 0 atom stereocenters. The number of nitrogens with one attached hydrogen (secondary N) is 2. The molecule has 118 valence electrons. The monoisotopic (exact) mass is 327 g/mol. The number of aryl methyl sites for hydroxylation is 1. The van der Waals surface area contributed by atoms with Gasteiger partial charge in [0, 0.05) is 42.2 Å². The molecule has 3 aromatic rings. The van der Waals surface area contributed by atoms with Gasteiger partial charge in [-0.2, -0.15) is 0 Å². The molecule has 0 unspecified atom stereocenters. The summed E-state index contributed by atoms with van der Waals surface area (Å²) in [5.41, 5.74) is 3.07. The lowest BCUT2D eigenvalue weighted by atomic mass is 10.1. The first-order valence-electron chi connectivity index (χ1n) is 7.52. The van der Waals surface area contributed by atoms with E-state index in [4.69, 9.17) is 0 Å². The second-order valence-electron chi connectivity index (χ2n) is 5.55. The molecule has 0 spiro atoms. The average molecular weight is 327 g/mol. The summed E-state index contributed by atoms with van der Waals surface area (Å²) in [4.78, 5) is 20.2. The molecule has 2 aromatic heterocycles. The number of fused-ring (bicyclic) bond motifs is 1. The second kappa shape index (κ2) is 5.58. The first kappa shape index (κ1) is 14.1. The molecule has 1 aliphatic heterocycles. The number of carbonyl (C=O) groups is 1. The van der Waals surface area contributed by atoms with Gasteiger partial charge in [0.25, 0.3) is 0 Å². The third-order valence-electron chi connectivity index (χ3n) is 3.96. The molecule has 3 heterocycles. The van der Waals surface area contributed by atoms with Crippen molar-refractivity contribution in [1.82, 2.24) is 14.7 Å². The predicted molar refractivity (Wildman–Crippen MR) is 92.3 cm³/mol. The first-order valence-corrected chi connectivity index (χ1v) is 8.33. The smallest absolute Gasteiger partial charge is 0.322 e. The van der Waals surface area contributed by atoms with Crippen LogP contribution in [0.2, 0.25) is 0 Å². The highest BCUT2D eigenvalue weighted by Crippen LogP contribution is 2.26. The minimum atomic E-state index is -0.0234. The molecule has 0 aliphatic carbocycles. The number of urea groups is 1. The summed E-state index contributed by atoms with van der Waals surface area (Å²) in [7, 11) is 0. The summed E-state index contributed by atoms with van der Waals surface area (Å²) in [6, 6.07) is 6.11. The topological polar surface area (TPSA) is 61.7 Å². The number of hydrogen-bond donors (Lipinski definition) is 2. The Morgan fingerprint density at radius 2 is 2.35 bits per heavy atom. The van der Waals surface area contributed by atoms with E-state index in [1.54, 1.807) is 22.4 Å². The number of amides is 2. The zero-order valence-electron chi connectivity index (χ0n) is 12.7. The summed E-state index contributed by atoms with van der Waals surface area (Å²) < 4.78 is 2.02. The van der Waals surface area contributed by atoms with Crippen molar-refractivity contribution < 1.29 is 4.79 Å². The fourth-order valence-electron chi connectivity index (χ4n) is 2.76. The van der Waals surface area contributed by atoms with Crippen LogP contribution in [0.1, 0.15) is 10.4 Å². The van der Waals surface area contributed by atoms with Gasteiger partial charge in [0.15, 0.2) is 4.96 Å². The van der Waals surface area contributed by atoms with Crippen molar-refractivity contribution in [3.63, 3.8) is 0 Å². The maximum atomic E-state index is 11.9. The van der Waals surface area contributed by atoms with Gasteiger partial charge in [-0.25, -0.2) is 9.78 Å². The number of rotatable bonds is 4. The molecule has 1 fully saturated rings. The molecule has 23 heavy (non-hydrogen) atoms. The van der Waals surface area contributed by atoms with Crippen LogP contribution in [0.4, 0.5) is 16.2 Å². The van der Waals surface area contributed by atoms with E-state index < -0.39 is 0 Å². The van der Waals surface area contributed by atoms with Crippen molar-refractivity contribution in [2.75, 3.05) is 23.3 Å². The number of imidazole rings is 1. The van der Waals surface area contributed by atoms with E-state index in [-0.39, 0.29) is 6.03 Å². The molecule has 0 radical (unpaired) electrons. The lowest BCUT2D eigenvalue weighted by molar-refractivity contribution is 0.252. The van der Waals surface area contributed by atoms with Crippen molar-refractivity contribution in [3.05, 3.63) is 47.2 Å². The van der Waals surface area contributed by atoms with Crippen LogP contribution in [0, 0.1) is 6.92 Å². The molecule has 0 bridgehead atoms. The Kier molecular flexibility index (Phi) is 3.42. The van der Waals surface area contributed by atoms with E-state index in [0.29, 0.717) is 13.1 Å². The number of anilines is 2. The number of thiazole rings is 1. The Hall–Kier alpha value is -2.54. The summed E-state index contributed by atoms with van der Waals surface area (Å²) in [5.74, 6) is 0. The number of hydrogen-bond acceptors (Lipinski definition) is 4. The maximum Gasteiger partial charge on any atom is 0.322 e. The third-order valence-corrected chi connectivity index (χ3v) is 4.97. The fraction of sp³-hybridized carbons (Fsp3) is 0.250. The molecular formula is C16H17N5OS. The van der Waals surface area contributed by atoms with E-state index in [1.165, 1.54) is 4.88 Å². The quantitative estimate of drug-likeness (QED) is 0.774. The molecule has 1 aromatic carbocycles. The van der Waals surface area contributed by atoms with Crippen LogP contribution in [0.25, 0.3) is 4.96 Å². The lowest BCUT2D eigenvalue weighted by Crippen LogP contribution is -2.28. The van der Waals surface area contributed by atoms with Gasteiger partial charge in [-0.05, 0) is 24.6 Å². The van der Waals surface area contributed by atoms with Crippen molar-refractivity contribution in [3.8, 4) is 0 Å². The van der Waals surface area contributed by atoms with Crippen LogP contribution in [0.15, 0.2) is 36.8 Å². The second-order valence-corrected chi connectivity index (χ2v) is 6.65. The highest BCUT2D eigenvalue weighted by Gasteiger charge is 2.22. The largest absolute Gasteiger partial charge is 0.380 e. The van der Waals surface area contributed by atoms with Gasteiger partial charge in [-0.15, -0.1) is 0 Å². The number of benzene rings is 1. The minimum Gasteiger partial charge on any atom is -0.380 e. The van der Waals surface area contributed by atoms with Crippen LogP contribution in [-0.4, -0.2) is 28.5 Å². The van der Waals surface area contributed by atoms with E-state index in [1.807, 2.05) is 35.7 Å². The molecular weight excluding hydrogens is 310 g/mol. The Balaban J connectivity index is 1.52. The lowest BCUT2D eigenvalue weighted by Gasteiger charge is -2.18. The van der Waals surface area contributed by atoms with E-state index in [9.17, 15) is 4.79 Å². The standard InChI is InChI=1S/C16H17N5OS/c1-11-2-3-12(8-14(11)21-7-5-17-15(21)22)19-9-13-10-20-6-4-18-16(20)23-13/h2-4,6,8,10,19H,5,7,9H2,1H3,(H,17,22). The SMILES string of the molecule is Cc1ccc(NCc2cn3ccnc3s2)cc1N1CCNC1=O. The summed E-state index contributed by atoms with van der Waals surface area (Å²) in [6.07, 6.45) is 5.84. The highest BCUT2D eigenvalue weighted by molar-refractivity contribution is 7.17. The Morgan fingerprint density at radius 1 is 1.43 bits per heavy atom. The summed E-state index contributed by atoms with van der Waals surface area (Å²) in [5, 5.41) is 6.27. The van der Waals surface area contributed by atoms with Gasteiger partial charge in [-0.1, -0.05) is 17.4 Å². The van der Waals surface area contributed by atoms with E-state index in [2.05, 4.69) is 21.8 Å². The third kappa shape index (κ3) is 2.63. The molecule has 1 aliphatic rings. The average Bonchev–Trinajstić information content (AvgIpc) is 3.22.